The molecule has 1 amide bonds. The monoisotopic (exact) mass is 335 g/mol. The third kappa shape index (κ3) is 4.26. The molecule has 5 heteroatoms. The van der Waals surface area contributed by atoms with Gasteiger partial charge in [0.05, 0.1) is 31.5 Å². The molecular formula is C20H21N3O2. The summed E-state index contributed by atoms with van der Waals surface area (Å²) in [6, 6.07) is 17.6. The maximum Gasteiger partial charge on any atom is 0.254 e. The second-order valence-electron chi connectivity index (χ2n) is 5.88. The van der Waals surface area contributed by atoms with E-state index in [0.717, 1.165) is 16.9 Å². The van der Waals surface area contributed by atoms with Gasteiger partial charge >= 0.3 is 0 Å². The molecule has 0 spiro atoms. The first-order valence-electron chi connectivity index (χ1n) is 8.17. The van der Waals surface area contributed by atoms with Crippen molar-refractivity contribution in [3.8, 4) is 5.75 Å². The number of hydrogen-bond donors (Lipinski definition) is 1. The highest BCUT2D eigenvalue weighted by molar-refractivity contribution is 5.93. The van der Waals surface area contributed by atoms with Crippen LogP contribution in [0.15, 0.2) is 67.0 Å². The third-order valence-electron chi connectivity index (χ3n) is 4.05. The van der Waals surface area contributed by atoms with E-state index in [-0.39, 0.29) is 11.9 Å². The summed E-state index contributed by atoms with van der Waals surface area (Å²) >= 11 is 0. The van der Waals surface area contributed by atoms with E-state index in [1.807, 2.05) is 61.5 Å². The lowest BCUT2D eigenvalue weighted by atomic mass is 10.1. The zero-order valence-electron chi connectivity index (χ0n) is 14.3. The van der Waals surface area contributed by atoms with Gasteiger partial charge in [-0.05, 0) is 30.2 Å². The van der Waals surface area contributed by atoms with Gasteiger partial charge in [0.1, 0.15) is 5.75 Å². The van der Waals surface area contributed by atoms with E-state index in [9.17, 15) is 4.79 Å². The fourth-order valence-electron chi connectivity index (χ4n) is 2.59. The van der Waals surface area contributed by atoms with Crippen LogP contribution in [0.4, 0.5) is 0 Å². The molecule has 0 unspecified atom stereocenters. The van der Waals surface area contributed by atoms with E-state index in [4.69, 9.17) is 4.74 Å². The predicted molar refractivity (Wildman–Crippen MR) is 96.6 cm³/mol. The first-order chi connectivity index (χ1) is 12.2. The van der Waals surface area contributed by atoms with Crippen LogP contribution in [-0.2, 0) is 6.54 Å². The lowest BCUT2D eigenvalue weighted by molar-refractivity contribution is 0.0940. The minimum absolute atomic E-state index is 0.101. The molecule has 1 atom stereocenters. The molecule has 3 aromatic rings. The van der Waals surface area contributed by atoms with Crippen LogP contribution >= 0.6 is 0 Å². The van der Waals surface area contributed by atoms with E-state index in [2.05, 4.69) is 10.4 Å². The molecule has 3 rings (SSSR count). The van der Waals surface area contributed by atoms with Gasteiger partial charge in [-0.1, -0.05) is 42.5 Å². The van der Waals surface area contributed by atoms with Crippen molar-refractivity contribution >= 4 is 5.91 Å². The van der Waals surface area contributed by atoms with Crippen LogP contribution in [0, 0.1) is 0 Å². The minimum atomic E-state index is -0.136. The summed E-state index contributed by atoms with van der Waals surface area (Å²) < 4.78 is 6.92. The number of carbonyl (C=O) groups is 1. The Balaban J connectivity index is 1.62. The van der Waals surface area contributed by atoms with Gasteiger partial charge in [0.2, 0.25) is 0 Å². The Morgan fingerprint density at radius 3 is 2.56 bits per heavy atom. The molecule has 1 aromatic heterocycles. The molecule has 0 saturated heterocycles. The van der Waals surface area contributed by atoms with E-state index in [0.29, 0.717) is 12.1 Å². The number of carbonyl (C=O) groups excluding carboxylic acids is 1. The normalized spacial score (nSPS) is 11.8. The van der Waals surface area contributed by atoms with Crippen molar-refractivity contribution in [2.45, 2.75) is 19.5 Å². The Bertz CT molecular complexity index is 826. The van der Waals surface area contributed by atoms with Crippen LogP contribution in [0.1, 0.15) is 34.5 Å². The fraction of sp³-hybridized carbons (Fsp3) is 0.200. The van der Waals surface area contributed by atoms with Gasteiger partial charge in [0.25, 0.3) is 5.91 Å². The molecule has 0 bridgehead atoms. The maximum atomic E-state index is 12.4. The molecule has 0 aliphatic heterocycles. The Kier molecular flexibility index (Phi) is 5.14. The number of aromatic nitrogens is 2. The van der Waals surface area contributed by atoms with Crippen molar-refractivity contribution in [1.82, 2.24) is 15.1 Å². The van der Waals surface area contributed by atoms with Crippen molar-refractivity contribution in [2.24, 2.45) is 0 Å². The Morgan fingerprint density at radius 1 is 1.16 bits per heavy atom. The summed E-state index contributed by atoms with van der Waals surface area (Å²) in [6.07, 6.45) is 3.36. The summed E-state index contributed by atoms with van der Waals surface area (Å²) in [4.78, 5) is 12.4. The molecule has 128 valence electrons. The quantitative estimate of drug-likeness (QED) is 0.751. The molecule has 1 N–H and O–H groups in total. The summed E-state index contributed by atoms with van der Waals surface area (Å²) in [5.41, 5.74) is 2.71. The predicted octanol–water partition coefficient (Wildman–Crippen LogP) is 3.43. The number of nitrogens with zero attached hydrogens (tertiary/aromatic N) is 2. The first kappa shape index (κ1) is 16.8. The number of amides is 1. The highest BCUT2D eigenvalue weighted by atomic mass is 16.5. The van der Waals surface area contributed by atoms with Crippen LogP contribution in [0.5, 0.6) is 5.75 Å². The SMILES string of the molecule is COc1ccc([C@@H](C)NC(=O)c2cnn(Cc3ccccc3)c2)cc1. The van der Waals surface area contributed by atoms with Gasteiger partial charge in [-0.2, -0.15) is 5.10 Å². The summed E-state index contributed by atoms with van der Waals surface area (Å²) in [5, 5.41) is 7.27. The van der Waals surface area contributed by atoms with E-state index >= 15 is 0 Å². The van der Waals surface area contributed by atoms with Gasteiger partial charge in [0.15, 0.2) is 0 Å². The Labute approximate surface area is 147 Å². The molecule has 1 heterocycles. The summed E-state index contributed by atoms with van der Waals surface area (Å²) in [7, 11) is 1.63. The molecule has 2 aromatic carbocycles. The molecule has 0 aliphatic rings. The Hall–Kier alpha value is -3.08. The second-order valence-corrected chi connectivity index (χ2v) is 5.88. The number of rotatable bonds is 6. The fourth-order valence-corrected chi connectivity index (χ4v) is 2.59. The van der Waals surface area contributed by atoms with Crippen molar-refractivity contribution < 1.29 is 9.53 Å². The van der Waals surface area contributed by atoms with Crippen molar-refractivity contribution in [3.05, 3.63) is 83.7 Å². The number of nitrogens with one attached hydrogen (secondary N) is 1. The number of hydrogen-bond acceptors (Lipinski definition) is 3. The van der Waals surface area contributed by atoms with Gasteiger partial charge in [-0.25, -0.2) is 0 Å². The molecular weight excluding hydrogens is 314 g/mol. The third-order valence-corrected chi connectivity index (χ3v) is 4.05. The number of ether oxygens (including phenoxy) is 1. The van der Waals surface area contributed by atoms with Crippen LogP contribution in [-0.4, -0.2) is 22.8 Å². The highest BCUT2D eigenvalue weighted by Crippen LogP contribution is 2.17. The van der Waals surface area contributed by atoms with Gasteiger partial charge in [-0.3, -0.25) is 9.48 Å². The second kappa shape index (κ2) is 7.66. The van der Waals surface area contributed by atoms with Crippen LogP contribution in [0.3, 0.4) is 0 Å². The molecule has 0 saturated carbocycles. The number of benzene rings is 2. The lowest BCUT2D eigenvalue weighted by Gasteiger charge is -2.14. The van der Waals surface area contributed by atoms with Crippen molar-refractivity contribution in [3.63, 3.8) is 0 Å². The highest BCUT2D eigenvalue weighted by Gasteiger charge is 2.13. The van der Waals surface area contributed by atoms with Crippen LogP contribution < -0.4 is 10.1 Å². The first-order valence-corrected chi connectivity index (χ1v) is 8.17. The summed E-state index contributed by atoms with van der Waals surface area (Å²) in [6.45, 7) is 2.59. The summed E-state index contributed by atoms with van der Waals surface area (Å²) in [5.74, 6) is 0.659. The zero-order valence-corrected chi connectivity index (χ0v) is 14.3. The van der Waals surface area contributed by atoms with E-state index < -0.39 is 0 Å². The van der Waals surface area contributed by atoms with E-state index in [1.165, 1.54) is 0 Å². The zero-order chi connectivity index (χ0) is 17.6. The minimum Gasteiger partial charge on any atom is -0.497 e. The van der Waals surface area contributed by atoms with Gasteiger partial charge in [0, 0.05) is 6.20 Å². The van der Waals surface area contributed by atoms with Crippen LogP contribution in [0.25, 0.3) is 0 Å². The molecule has 0 aliphatic carbocycles. The maximum absolute atomic E-state index is 12.4. The average molecular weight is 335 g/mol. The molecule has 0 fully saturated rings. The molecule has 5 nitrogen and oxygen atoms in total. The van der Waals surface area contributed by atoms with Gasteiger partial charge in [-0.15, -0.1) is 0 Å². The Morgan fingerprint density at radius 2 is 1.88 bits per heavy atom. The van der Waals surface area contributed by atoms with Crippen LogP contribution in [0.2, 0.25) is 0 Å². The lowest BCUT2D eigenvalue weighted by Crippen LogP contribution is -2.26. The standard InChI is InChI=1S/C20H21N3O2/c1-15(17-8-10-19(25-2)11-9-17)22-20(24)18-12-21-23(14-18)13-16-6-4-3-5-7-16/h3-12,14-15H,13H2,1-2H3,(H,22,24)/t15-/m1/s1. The molecule has 25 heavy (non-hydrogen) atoms. The largest absolute Gasteiger partial charge is 0.497 e. The van der Waals surface area contributed by atoms with E-state index in [1.54, 1.807) is 24.2 Å². The smallest absolute Gasteiger partial charge is 0.254 e. The van der Waals surface area contributed by atoms with Crippen molar-refractivity contribution in [2.75, 3.05) is 7.11 Å². The number of methoxy groups -OCH3 is 1. The average Bonchev–Trinajstić information content (AvgIpc) is 3.11. The molecule has 0 radical (unpaired) electrons. The van der Waals surface area contributed by atoms with Crippen molar-refractivity contribution in [1.29, 1.82) is 0 Å². The van der Waals surface area contributed by atoms with Gasteiger partial charge < -0.3 is 10.1 Å². The topological polar surface area (TPSA) is 56.1 Å².